The molecular formula is C17H16Cl2N2O3. The Morgan fingerprint density at radius 1 is 1.08 bits per heavy atom. The number of hydrogen-bond donors (Lipinski definition) is 2. The third-order valence-electron chi connectivity index (χ3n) is 3.29. The summed E-state index contributed by atoms with van der Waals surface area (Å²) >= 11 is 12.0. The van der Waals surface area contributed by atoms with Crippen molar-refractivity contribution in [1.82, 2.24) is 0 Å². The van der Waals surface area contributed by atoms with Crippen LogP contribution in [-0.2, 0) is 9.53 Å². The number of hydrogen-bond acceptors (Lipinski definition) is 4. The van der Waals surface area contributed by atoms with E-state index in [0.29, 0.717) is 27.0 Å². The SMILES string of the molecule is COC(=O)c1ccc(Cl)c(NCC(=O)Nc2ccc(Cl)cc2C)c1. The minimum absolute atomic E-state index is 0.00753. The quantitative estimate of drug-likeness (QED) is 0.780. The zero-order chi connectivity index (χ0) is 17.7. The number of ether oxygens (including phenoxy) is 1. The van der Waals surface area contributed by atoms with Gasteiger partial charge in [0, 0.05) is 10.7 Å². The molecular weight excluding hydrogens is 351 g/mol. The van der Waals surface area contributed by atoms with Crippen LogP contribution in [0.5, 0.6) is 0 Å². The van der Waals surface area contributed by atoms with Gasteiger partial charge in [-0.25, -0.2) is 4.79 Å². The minimum Gasteiger partial charge on any atom is -0.465 e. The van der Waals surface area contributed by atoms with E-state index < -0.39 is 5.97 Å². The van der Waals surface area contributed by atoms with Crippen molar-refractivity contribution >= 4 is 46.5 Å². The predicted octanol–water partition coefficient (Wildman–Crippen LogP) is 4.14. The van der Waals surface area contributed by atoms with Gasteiger partial charge >= 0.3 is 5.97 Å². The molecule has 0 aromatic heterocycles. The smallest absolute Gasteiger partial charge is 0.337 e. The van der Waals surface area contributed by atoms with Gasteiger partial charge < -0.3 is 15.4 Å². The van der Waals surface area contributed by atoms with Crippen molar-refractivity contribution < 1.29 is 14.3 Å². The molecule has 0 atom stereocenters. The van der Waals surface area contributed by atoms with Crippen molar-refractivity contribution in [3.05, 3.63) is 57.6 Å². The van der Waals surface area contributed by atoms with Crippen LogP contribution in [0.15, 0.2) is 36.4 Å². The maximum Gasteiger partial charge on any atom is 0.337 e. The fraction of sp³-hybridized carbons (Fsp3) is 0.176. The zero-order valence-corrected chi connectivity index (χ0v) is 14.7. The summed E-state index contributed by atoms with van der Waals surface area (Å²) in [6, 6.07) is 9.86. The Hall–Kier alpha value is -2.24. The largest absolute Gasteiger partial charge is 0.465 e. The number of amides is 1. The van der Waals surface area contributed by atoms with Crippen LogP contribution in [0, 0.1) is 6.92 Å². The number of methoxy groups -OCH3 is 1. The van der Waals surface area contributed by atoms with Gasteiger partial charge in [0.1, 0.15) is 0 Å². The second-order valence-electron chi connectivity index (χ2n) is 5.05. The Bertz CT molecular complexity index is 778. The van der Waals surface area contributed by atoms with Gasteiger partial charge in [0.15, 0.2) is 0 Å². The Labute approximate surface area is 149 Å². The molecule has 2 aromatic carbocycles. The Morgan fingerprint density at radius 3 is 2.50 bits per heavy atom. The number of carbonyl (C=O) groups excluding carboxylic acids is 2. The van der Waals surface area contributed by atoms with Gasteiger partial charge in [-0.15, -0.1) is 0 Å². The van der Waals surface area contributed by atoms with Crippen molar-refractivity contribution in [3.63, 3.8) is 0 Å². The summed E-state index contributed by atoms with van der Waals surface area (Å²) in [4.78, 5) is 23.6. The number of rotatable bonds is 5. The van der Waals surface area contributed by atoms with E-state index >= 15 is 0 Å². The summed E-state index contributed by atoms with van der Waals surface area (Å²) in [5, 5.41) is 6.69. The van der Waals surface area contributed by atoms with Crippen molar-refractivity contribution in [2.24, 2.45) is 0 Å². The van der Waals surface area contributed by atoms with Crippen LogP contribution in [0.1, 0.15) is 15.9 Å². The lowest BCUT2D eigenvalue weighted by Gasteiger charge is -2.12. The molecule has 0 saturated heterocycles. The standard InChI is InChI=1S/C17H16Cl2N2O3/c1-10-7-12(18)4-6-14(10)21-16(22)9-20-15-8-11(17(23)24-2)3-5-13(15)19/h3-8,20H,9H2,1-2H3,(H,21,22). The molecule has 1 amide bonds. The highest BCUT2D eigenvalue weighted by Crippen LogP contribution is 2.23. The van der Waals surface area contributed by atoms with Crippen LogP contribution < -0.4 is 10.6 Å². The number of benzene rings is 2. The molecule has 0 spiro atoms. The molecule has 126 valence electrons. The lowest BCUT2D eigenvalue weighted by atomic mass is 10.2. The Morgan fingerprint density at radius 2 is 1.83 bits per heavy atom. The van der Waals surface area contributed by atoms with E-state index in [1.54, 1.807) is 30.3 Å². The highest BCUT2D eigenvalue weighted by Gasteiger charge is 2.10. The molecule has 2 aromatic rings. The molecule has 0 unspecified atom stereocenters. The highest BCUT2D eigenvalue weighted by molar-refractivity contribution is 6.33. The molecule has 0 saturated carbocycles. The van der Waals surface area contributed by atoms with E-state index in [2.05, 4.69) is 15.4 Å². The summed E-state index contributed by atoms with van der Waals surface area (Å²) in [6.45, 7) is 1.85. The molecule has 0 radical (unpaired) electrons. The molecule has 0 aliphatic heterocycles. The molecule has 0 bridgehead atoms. The summed E-state index contributed by atoms with van der Waals surface area (Å²) in [6.07, 6.45) is 0. The molecule has 0 aliphatic rings. The van der Waals surface area contributed by atoms with Crippen LogP contribution in [-0.4, -0.2) is 25.5 Å². The number of carbonyl (C=O) groups is 2. The Kier molecular flexibility index (Phi) is 6.06. The van der Waals surface area contributed by atoms with Crippen LogP contribution in [0.25, 0.3) is 0 Å². The molecule has 2 N–H and O–H groups in total. The summed E-state index contributed by atoms with van der Waals surface area (Å²) in [5.41, 5.74) is 2.36. The van der Waals surface area contributed by atoms with Gasteiger partial charge in [0.25, 0.3) is 0 Å². The molecule has 2 rings (SSSR count). The van der Waals surface area contributed by atoms with Gasteiger partial charge in [0.2, 0.25) is 5.91 Å². The third kappa shape index (κ3) is 4.63. The molecule has 0 fully saturated rings. The molecule has 5 nitrogen and oxygen atoms in total. The fourth-order valence-electron chi connectivity index (χ4n) is 2.04. The molecule has 0 heterocycles. The van der Waals surface area contributed by atoms with Crippen molar-refractivity contribution in [2.45, 2.75) is 6.92 Å². The minimum atomic E-state index is -0.476. The van der Waals surface area contributed by atoms with Crippen molar-refractivity contribution in [3.8, 4) is 0 Å². The molecule has 7 heteroatoms. The molecule has 0 aliphatic carbocycles. The summed E-state index contributed by atoms with van der Waals surface area (Å²) in [7, 11) is 1.30. The Balaban J connectivity index is 2.02. The first-order chi connectivity index (χ1) is 11.4. The van der Waals surface area contributed by atoms with Gasteiger partial charge in [-0.2, -0.15) is 0 Å². The number of aryl methyl sites for hydroxylation is 1. The maximum atomic E-state index is 12.1. The monoisotopic (exact) mass is 366 g/mol. The van der Waals surface area contributed by atoms with E-state index in [9.17, 15) is 9.59 Å². The van der Waals surface area contributed by atoms with Gasteiger partial charge in [-0.05, 0) is 48.9 Å². The van der Waals surface area contributed by atoms with Crippen LogP contribution >= 0.6 is 23.2 Å². The number of nitrogens with one attached hydrogen (secondary N) is 2. The highest BCUT2D eigenvalue weighted by atomic mass is 35.5. The van der Waals surface area contributed by atoms with E-state index in [-0.39, 0.29) is 12.5 Å². The van der Waals surface area contributed by atoms with Crippen LogP contribution in [0.2, 0.25) is 10.0 Å². The van der Waals surface area contributed by atoms with E-state index in [4.69, 9.17) is 23.2 Å². The third-order valence-corrected chi connectivity index (χ3v) is 3.85. The number of halogens is 2. The van der Waals surface area contributed by atoms with E-state index in [1.165, 1.54) is 13.2 Å². The second-order valence-corrected chi connectivity index (χ2v) is 5.89. The van der Waals surface area contributed by atoms with Crippen molar-refractivity contribution in [2.75, 3.05) is 24.3 Å². The van der Waals surface area contributed by atoms with Gasteiger partial charge in [-0.3, -0.25) is 4.79 Å². The normalized spacial score (nSPS) is 10.2. The lowest BCUT2D eigenvalue weighted by Crippen LogP contribution is -2.22. The summed E-state index contributed by atoms with van der Waals surface area (Å²) < 4.78 is 4.66. The number of esters is 1. The first kappa shape index (κ1) is 18.1. The van der Waals surface area contributed by atoms with Crippen LogP contribution in [0.4, 0.5) is 11.4 Å². The van der Waals surface area contributed by atoms with E-state index in [0.717, 1.165) is 5.56 Å². The predicted molar refractivity (Wildman–Crippen MR) is 96.1 cm³/mol. The second kappa shape index (κ2) is 8.04. The van der Waals surface area contributed by atoms with Gasteiger partial charge in [0.05, 0.1) is 29.9 Å². The summed E-state index contributed by atoms with van der Waals surface area (Å²) in [5.74, 6) is -0.726. The van der Waals surface area contributed by atoms with Crippen molar-refractivity contribution in [1.29, 1.82) is 0 Å². The maximum absolute atomic E-state index is 12.1. The van der Waals surface area contributed by atoms with E-state index in [1.807, 2.05) is 6.92 Å². The average molecular weight is 367 g/mol. The van der Waals surface area contributed by atoms with Gasteiger partial charge in [-0.1, -0.05) is 23.2 Å². The van der Waals surface area contributed by atoms with Crippen LogP contribution in [0.3, 0.4) is 0 Å². The average Bonchev–Trinajstić information content (AvgIpc) is 2.56. The first-order valence-corrected chi connectivity index (χ1v) is 7.84. The lowest BCUT2D eigenvalue weighted by molar-refractivity contribution is -0.114. The first-order valence-electron chi connectivity index (χ1n) is 7.08. The number of anilines is 2. The fourth-order valence-corrected chi connectivity index (χ4v) is 2.45. The topological polar surface area (TPSA) is 67.4 Å². The molecule has 24 heavy (non-hydrogen) atoms. The zero-order valence-electron chi connectivity index (χ0n) is 13.2.